The predicted molar refractivity (Wildman–Crippen MR) is 308 cm³/mol. The van der Waals surface area contributed by atoms with Crippen molar-refractivity contribution in [2.45, 2.75) is 142 Å². The summed E-state index contributed by atoms with van der Waals surface area (Å²) in [6.45, 7) is 0. The van der Waals surface area contributed by atoms with E-state index in [-0.39, 0.29) is 44.7 Å². The number of carbonyl (C=O) groups excluding carboxylic acids is 2. The summed E-state index contributed by atoms with van der Waals surface area (Å²) >= 11 is 0. The molecule has 2 rings (SSSR count). The van der Waals surface area contributed by atoms with Crippen molar-refractivity contribution in [1.82, 2.24) is 0 Å². The maximum atomic E-state index is 14.1. The summed E-state index contributed by atoms with van der Waals surface area (Å²) in [5.74, 6) is -1.39. The monoisotopic (exact) mass is 1410 g/mol. The van der Waals surface area contributed by atoms with Crippen LogP contribution >= 0.6 is 0 Å². The first kappa shape index (κ1) is 75.9. The summed E-state index contributed by atoms with van der Waals surface area (Å²) in [7, 11) is 7.94. The molecule has 77 heavy (non-hydrogen) atoms. The van der Waals surface area contributed by atoms with Crippen LogP contribution in [0.3, 0.4) is 0 Å². The van der Waals surface area contributed by atoms with E-state index in [2.05, 4.69) is 5.32 Å². The van der Waals surface area contributed by atoms with Gasteiger partial charge in [-0.1, -0.05) is 99.7 Å². The van der Waals surface area contributed by atoms with Crippen molar-refractivity contribution in [3.63, 3.8) is 0 Å². The molecule has 0 aromatic heterocycles. The Bertz CT molecular complexity index is 1330. The van der Waals surface area contributed by atoms with Gasteiger partial charge in [0.1, 0.15) is 0 Å². The van der Waals surface area contributed by atoms with Gasteiger partial charge in [-0.3, -0.25) is 0 Å². The first-order valence-electron chi connectivity index (χ1n) is 27.0. The second kappa shape index (κ2) is 37.3. The Morgan fingerprint density at radius 2 is 0.468 bits per heavy atom. The molecule has 0 N–H and O–H groups in total. The summed E-state index contributed by atoms with van der Waals surface area (Å²) in [4.78, 5) is 28.2. The SMILES string of the molecule is CO[Si](CCC[Si](CCC[Si](OC)(OC)OC)(CCC[Si](OC)(OC)OC)CCC1CC(CC[Si](CCC[Si](OC)(OC)OC)(CCC[Si](OC)(OC)OC)CCC[Si](OC)(OC)OC)C2C(=O)[N-]C(=O)C12)(OC)OC.[W]. The van der Waals surface area contributed by atoms with Gasteiger partial charge in [-0.15, -0.1) is 0 Å². The number of rotatable bonds is 48. The average Bonchev–Trinajstić information content (AvgIpc) is 3.99. The first-order chi connectivity index (χ1) is 36.3. The molecule has 0 aromatic carbocycles. The third-order valence-corrected chi connectivity index (χ3v) is 45.8. The van der Waals surface area contributed by atoms with Gasteiger partial charge in [0.15, 0.2) is 0 Å². The molecule has 1 saturated heterocycles. The minimum atomic E-state index is -2.89. The van der Waals surface area contributed by atoms with Crippen molar-refractivity contribution < 1.29 is 110 Å². The molecule has 0 radical (unpaired) electrons. The third kappa shape index (κ3) is 21.1. The molecule has 4 unspecified atom stereocenters. The van der Waals surface area contributed by atoms with E-state index in [0.717, 1.165) is 106 Å². The van der Waals surface area contributed by atoms with E-state index in [0.29, 0.717) is 36.3 Å². The van der Waals surface area contributed by atoms with Crippen molar-refractivity contribution >= 4 is 80.8 Å². The minimum Gasteiger partial charge on any atom is -0.595 e. The predicted octanol–water partition coefficient (Wildman–Crippen LogP) is 8.58. The maximum absolute atomic E-state index is 14.1. The molecular weight excluding hydrogens is 1310 g/mol. The molecule has 0 spiro atoms. The number of carbonyl (C=O) groups is 2. The zero-order valence-corrected chi connectivity index (χ0v) is 61.5. The fourth-order valence-electron chi connectivity index (χ4n) is 12.7. The van der Waals surface area contributed by atoms with Gasteiger partial charge >= 0.3 is 52.8 Å². The molecule has 2 fully saturated rings. The fourth-order valence-corrected chi connectivity index (χ4v) is 35.7. The minimum absolute atomic E-state index is 0. The number of imide groups is 1. The topological polar surface area (TPSA) is 214 Å². The van der Waals surface area contributed by atoms with Crippen LogP contribution in [0.15, 0.2) is 0 Å². The molecule has 1 aliphatic carbocycles. The van der Waals surface area contributed by atoms with Crippen molar-refractivity contribution in [1.29, 1.82) is 0 Å². The van der Waals surface area contributed by atoms with E-state index in [4.69, 9.17) is 79.7 Å². The summed E-state index contributed by atoms with van der Waals surface area (Å²) < 4.78 is 106. The molecular formula is C47H104NO20Si8W-. The molecule has 30 heteroatoms. The van der Waals surface area contributed by atoms with Gasteiger partial charge in [0.05, 0.1) is 28.0 Å². The van der Waals surface area contributed by atoms with Crippen LogP contribution in [-0.4, -0.2) is 209 Å². The number of nitrogens with zero attached hydrogens (tertiary/aromatic N) is 1. The molecule has 21 nitrogen and oxygen atoms in total. The number of hydrogen-bond acceptors (Lipinski definition) is 20. The van der Waals surface area contributed by atoms with Crippen LogP contribution in [0.25, 0.3) is 5.32 Å². The number of fused-ring (bicyclic) bond motifs is 1. The molecule has 0 bridgehead atoms. The van der Waals surface area contributed by atoms with Crippen molar-refractivity contribution in [2.24, 2.45) is 23.7 Å². The number of amides is 2. The Morgan fingerprint density at radius 3 is 0.623 bits per heavy atom. The van der Waals surface area contributed by atoms with Gasteiger partial charge in [-0.05, 0) is 18.3 Å². The summed E-state index contributed by atoms with van der Waals surface area (Å²) in [6, 6.07) is 11.8. The van der Waals surface area contributed by atoms with E-state index >= 15 is 0 Å². The Labute approximate surface area is 487 Å². The molecule has 1 saturated carbocycles. The van der Waals surface area contributed by atoms with Gasteiger partial charge in [-0.25, -0.2) is 0 Å². The Morgan fingerprint density at radius 1 is 0.299 bits per heavy atom. The van der Waals surface area contributed by atoms with Gasteiger partial charge < -0.3 is 94.6 Å². The van der Waals surface area contributed by atoms with Gasteiger partial charge in [0.25, 0.3) is 0 Å². The largest absolute Gasteiger partial charge is 0.595 e. The van der Waals surface area contributed by atoms with Crippen LogP contribution in [0, 0.1) is 23.7 Å². The Hall–Kier alpha value is 0.843. The van der Waals surface area contributed by atoms with Crippen molar-refractivity contribution in [3.8, 4) is 0 Å². The van der Waals surface area contributed by atoms with E-state index < -0.39 is 80.8 Å². The maximum Gasteiger partial charge on any atom is 0.500 e. The number of hydrogen-bond donors (Lipinski definition) is 0. The van der Waals surface area contributed by atoms with Gasteiger partial charge in [-0.2, -0.15) is 0 Å². The zero-order valence-electron chi connectivity index (χ0n) is 50.6. The van der Waals surface area contributed by atoms with Crippen LogP contribution in [0.4, 0.5) is 0 Å². The summed E-state index contributed by atoms with van der Waals surface area (Å²) in [6.07, 6.45) is 7.53. The standard InChI is InChI=1S/C47H105NO20Si8.W/c1-51-71(52-2,53-3)33-19-27-69(28-20-34-72(54-4,55-5)56-6,29-21-35-73(57-7,58-8)59-9)39-25-42-41-43(45-44(42)46(49)48-47(45)50)26-40-70(30-22-36-74(60-10,61-11)62-12,31-23-37-75(63-13,64-14)65-15)32-24-38-76(66-16,67-17)68-18;/h42-45H,19-41H2,1-18H3,(H,48,49,50);/p-1. The molecule has 0 aromatic rings. The second-order valence-corrected chi connectivity index (χ2v) is 49.1. The van der Waals surface area contributed by atoms with E-state index in [1.165, 1.54) is 0 Å². The summed E-state index contributed by atoms with van der Waals surface area (Å²) in [5.41, 5.74) is 0. The fraction of sp³-hybridized carbons (Fsp3) is 0.957. The van der Waals surface area contributed by atoms with E-state index in [1.54, 1.807) is 128 Å². The van der Waals surface area contributed by atoms with Gasteiger partial charge in [0, 0.05) is 197 Å². The molecule has 456 valence electrons. The molecule has 2 aliphatic rings. The first-order valence-corrected chi connectivity index (χ1v) is 44.3. The normalized spacial score (nSPS) is 19.0. The molecule has 4 atom stereocenters. The summed E-state index contributed by atoms with van der Waals surface area (Å²) in [5, 5.41) is 4.21. The van der Waals surface area contributed by atoms with Crippen LogP contribution in [0.1, 0.15) is 57.8 Å². The molecule has 2 amide bonds. The Balaban J connectivity index is 0.0000296. The average molecular weight is 1410 g/mol. The van der Waals surface area contributed by atoms with Crippen molar-refractivity contribution in [3.05, 3.63) is 5.32 Å². The van der Waals surface area contributed by atoms with Crippen LogP contribution in [-0.2, 0) is 110 Å². The van der Waals surface area contributed by atoms with Crippen molar-refractivity contribution in [2.75, 3.05) is 128 Å². The van der Waals surface area contributed by atoms with Crippen LogP contribution < -0.4 is 0 Å². The van der Waals surface area contributed by atoms with E-state index in [1.807, 2.05) is 0 Å². The quantitative estimate of drug-likeness (QED) is 0.0412. The third-order valence-electron chi connectivity index (χ3n) is 17.6. The van der Waals surface area contributed by atoms with Crippen LogP contribution in [0.5, 0.6) is 0 Å². The molecule has 1 aliphatic heterocycles. The zero-order chi connectivity index (χ0) is 57.2. The second-order valence-electron chi connectivity index (χ2n) is 20.6. The molecule has 1 heterocycles. The Kier molecular flexibility index (Phi) is 36.8. The van der Waals surface area contributed by atoms with E-state index in [9.17, 15) is 9.59 Å². The van der Waals surface area contributed by atoms with Crippen LogP contribution in [0.2, 0.25) is 84.6 Å². The smallest absolute Gasteiger partial charge is 0.500 e. The van der Waals surface area contributed by atoms with Gasteiger partial charge in [0.2, 0.25) is 0 Å².